The van der Waals surface area contributed by atoms with Crippen LogP contribution in [0.1, 0.15) is 17.4 Å². The molecule has 0 spiro atoms. The molecule has 1 aromatic heterocycles. The smallest absolute Gasteiger partial charge is 0.252 e. The zero-order chi connectivity index (χ0) is 15.5. The summed E-state index contributed by atoms with van der Waals surface area (Å²) in [5.41, 5.74) is 6.49. The van der Waals surface area contributed by atoms with E-state index in [0.717, 1.165) is 16.9 Å². The molecule has 0 bridgehead atoms. The van der Waals surface area contributed by atoms with Gasteiger partial charge in [0, 0.05) is 13.1 Å². The van der Waals surface area contributed by atoms with Crippen LogP contribution in [0, 0.1) is 0 Å². The lowest BCUT2D eigenvalue weighted by atomic mass is 10.2. The number of rotatable bonds is 6. The lowest BCUT2D eigenvalue weighted by molar-refractivity contribution is 0.425. The van der Waals surface area contributed by atoms with Gasteiger partial charge in [0.2, 0.25) is 0 Å². The first-order valence-electron chi connectivity index (χ1n) is 6.39. The van der Waals surface area contributed by atoms with Gasteiger partial charge in [-0.1, -0.05) is 49.5 Å². The number of nitrogens with two attached hydrogens (primary N) is 1. The van der Waals surface area contributed by atoms with Crippen LogP contribution in [0.15, 0.2) is 46.7 Å². The molecule has 0 aliphatic rings. The molecule has 0 amide bonds. The Balaban J connectivity index is 2.28. The summed E-state index contributed by atoms with van der Waals surface area (Å²) in [4.78, 5) is 0.826. The molecule has 1 heterocycles. The van der Waals surface area contributed by atoms with Crippen LogP contribution in [0.3, 0.4) is 0 Å². The Bertz CT molecular complexity index is 724. The lowest BCUT2D eigenvalue weighted by Gasteiger charge is -2.19. The Labute approximate surface area is 134 Å². The van der Waals surface area contributed by atoms with E-state index >= 15 is 0 Å². The summed E-state index contributed by atoms with van der Waals surface area (Å²) >= 11 is 5.98. The summed E-state index contributed by atoms with van der Waals surface area (Å²) in [6.45, 7) is 2.57. The quantitative estimate of drug-likeness (QED) is 0.821. The maximum atomic E-state index is 12.7. The van der Waals surface area contributed by atoms with Gasteiger partial charge in [0.25, 0.3) is 10.0 Å². The Morgan fingerprint density at radius 2 is 1.90 bits per heavy atom. The maximum absolute atomic E-state index is 12.7. The van der Waals surface area contributed by atoms with Crippen LogP contribution in [-0.2, 0) is 16.6 Å². The molecule has 2 aromatic rings. The number of thiocarbonyl (C=S) groups is 1. The van der Waals surface area contributed by atoms with E-state index in [1.54, 1.807) is 12.1 Å². The van der Waals surface area contributed by atoms with E-state index in [2.05, 4.69) is 0 Å². The van der Waals surface area contributed by atoms with Gasteiger partial charge in [-0.3, -0.25) is 0 Å². The van der Waals surface area contributed by atoms with Crippen molar-refractivity contribution >= 4 is 38.6 Å². The number of sulfonamides is 1. The first kappa shape index (κ1) is 16.1. The number of benzene rings is 1. The Morgan fingerprint density at radius 3 is 2.43 bits per heavy atom. The van der Waals surface area contributed by atoms with Crippen molar-refractivity contribution in [2.45, 2.75) is 17.7 Å². The van der Waals surface area contributed by atoms with Crippen molar-refractivity contribution in [2.24, 2.45) is 5.73 Å². The first-order chi connectivity index (χ1) is 9.95. The van der Waals surface area contributed by atoms with Gasteiger partial charge in [-0.15, -0.1) is 11.3 Å². The average Bonchev–Trinajstić information content (AvgIpc) is 2.96. The van der Waals surface area contributed by atoms with E-state index in [1.807, 2.05) is 37.3 Å². The molecule has 0 unspecified atom stereocenters. The van der Waals surface area contributed by atoms with Crippen LogP contribution in [0.5, 0.6) is 0 Å². The van der Waals surface area contributed by atoms with E-state index in [4.69, 9.17) is 18.0 Å². The van der Waals surface area contributed by atoms with Crippen LogP contribution in [0.25, 0.3) is 0 Å². The monoisotopic (exact) mass is 340 g/mol. The predicted molar refractivity (Wildman–Crippen MR) is 89.9 cm³/mol. The third-order valence-electron chi connectivity index (χ3n) is 2.97. The first-order valence-corrected chi connectivity index (χ1v) is 9.05. The number of thiophene rings is 1. The molecule has 0 radical (unpaired) electrons. The largest absolute Gasteiger partial charge is 0.389 e. The average molecular weight is 340 g/mol. The Hall–Kier alpha value is -1.28. The van der Waals surface area contributed by atoms with Crippen molar-refractivity contribution < 1.29 is 8.42 Å². The molecule has 0 fully saturated rings. The molecule has 112 valence electrons. The van der Waals surface area contributed by atoms with Gasteiger partial charge in [-0.2, -0.15) is 4.31 Å². The highest BCUT2D eigenvalue weighted by atomic mass is 32.2. The second kappa shape index (κ2) is 6.65. The molecule has 0 atom stereocenters. The van der Waals surface area contributed by atoms with E-state index in [1.165, 1.54) is 4.31 Å². The fraction of sp³-hybridized carbons (Fsp3) is 0.214. The molecular formula is C14H16N2O2S3. The predicted octanol–water partition coefficient (Wildman–Crippen LogP) is 2.59. The minimum Gasteiger partial charge on any atom is -0.389 e. The summed E-state index contributed by atoms with van der Waals surface area (Å²) in [7, 11) is -3.53. The third kappa shape index (κ3) is 3.68. The molecule has 0 saturated heterocycles. The third-order valence-corrected chi connectivity index (χ3v) is 6.83. The fourth-order valence-corrected chi connectivity index (χ4v) is 4.82. The van der Waals surface area contributed by atoms with Crippen LogP contribution in [-0.4, -0.2) is 24.3 Å². The SMILES string of the molecule is CCN(Cc1ccccc1)S(=O)(=O)c1ccc(C(N)=S)s1. The molecule has 1 aromatic carbocycles. The van der Waals surface area contributed by atoms with Gasteiger partial charge < -0.3 is 5.73 Å². The normalized spacial score (nSPS) is 11.7. The summed E-state index contributed by atoms with van der Waals surface area (Å²) in [6.07, 6.45) is 0. The lowest BCUT2D eigenvalue weighted by Crippen LogP contribution is -2.29. The van der Waals surface area contributed by atoms with E-state index in [0.29, 0.717) is 18.0 Å². The molecule has 4 nitrogen and oxygen atoms in total. The molecule has 2 rings (SSSR count). The van der Waals surface area contributed by atoms with Crippen LogP contribution in [0.2, 0.25) is 0 Å². The molecular weight excluding hydrogens is 324 g/mol. The highest BCUT2D eigenvalue weighted by Gasteiger charge is 2.25. The summed E-state index contributed by atoms with van der Waals surface area (Å²) in [6, 6.07) is 12.7. The van der Waals surface area contributed by atoms with Gasteiger partial charge >= 0.3 is 0 Å². The fourth-order valence-electron chi connectivity index (χ4n) is 1.87. The summed E-state index contributed by atoms with van der Waals surface area (Å²) in [5.74, 6) is 0. The minimum atomic E-state index is -3.53. The van der Waals surface area contributed by atoms with Crippen LogP contribution in [0.4, 0.5) is 0 Å². The van der Waals surface area contributed by atoms with Gasteiger partial charge in [0.1, 0.15) is 9.20 Å². The van der Waals surface area contributed by atoms with Crippen molar-refractivity contribution in [3.8, 4) is 0 Å². The summed E-state index contributed by atoms with van der Waals surface area (Å²) in [5, 5.41) is 0. The van der Waals surface area contributed by atoms with Gasteiger partial charge in [0.05, 0.1) is 4.88 Å². The van der Waals surface area contributed by atoms with E-state index < -0.39 is 10.0 Å². The van der Waals surface area contributed by atoms with Crippen molar-refractivity contribution in [2.75, 3.05) is 6.54 Å². The summed E-state index contributed by atoms with van der Waals surface area (Å²) < 4.78 is 27.0. The molecule has 0 aliphatic heterocycles. The number of hydrogen-bond acceptors (Lipinski definition) is 4. The van der Waals surface area contributed by atoms with Crippen LogP contribution >= 0.6 is 23.6 Å². The van der Waals surface area contributed by atoms with Crippen molar-refractivity contribution in [3.05, 3.63) is 52.9 Å². The minimum absolute atomic E-state index is 0.215. The zero-order valence-electron chi connectivity index (χ0n) is 11.5. The Morgan fingerprint density at radius 1 is 1.24 bits per heavy atom. The van der Waals surface area contributed by atoms with Crippen molar-refractivity contribution in [1.29, 1.82) is 0 Å². The molecule has 7 heteroatoms. The highest BCUT2D eigenvalue weighted by molar-refractivity contribution is 7.91. The van der Waals surface area contributed by atoms with E-state index in [-0.39, 0.29) is 9.20 Å². The maximum Gasteiger partial charge on any atom is 0.252 e. The second-order valence-electron chi connectivity index (χ2n) is 4.40. The van der Waals surface area contributed by atoms with Crippen molar-refractivity contribution in [3.63, 3.8) is 0 Å². The standard InChI is InChI=1S/C14H16N2O2S3/c1-2-16(10-11-6-4-3-5-7-11)21(17,18)13-9-8-12(20-13)14(15)19/h3-9H,2,10H2,1H3,(H2,15,19). The van der Waals surface area contributed by atoms with Gasteiger partial charge in [-0.25, -0.2) is 8.42 Å². The molecule has 0 aliphatic carbocycles. The van der Waals surface area contributed by atoms with Gasteiger partial charge in [0.15, 0.2) is 0 Å². The Kier molecular flexibility index (Phi) is 5.10. The van der Waals surface area contributed by atoms with Crippen LogP contribution < -0.4 is 5.73 Å². The van der Waals surface area contributed by atoms with Gasteiger partial charge in [-0.05, 0) is 17.7 Å². The molecule has 21 heavy (non-hydrogen) atoms. The number of hydrogen-bond donors (Lipinski definition) is 1. The zero-order valence-corrected chi connectivity index (χ0v) is 14.0. The van der Waals surface area contributed by atoms with E-state index in [9.17, 15) is 8.42 Å². The topological polar surface area (TPSA) is 63.4 Å². The second-order valence-corrected chi connectivity index (χ2v) is 8.09. The number of nitrogens with zero attached hydrogens (tertiary/aromatic N) is 1. The highest BCUT2D eigenvalue weighted by Crippen LogP contribution is 2.26. The molecule has 2 N–H and O–H groups in total. The molecule has 0 saturated carbocycles. The van der Waals surface area contributed by atoms with Crippen molar-refractivity contribution in [1.82, 2.24) is 4.31 Å².